The summed E-state index contributed by atoms with van der Waals surface area (Å²) in [6, 6.07) is 7.10. The van der Waals surface area contributed by atoms with Gasteiger partial charge in [-0.1, -0.05) is 0 Å². The molecule has 1 aliphatic heterocycles. The zero-order valence-electron chi connectivity index (χ0n) is 16.2. The van der Waals surface area contributed by atoms with Gasteiger partial charge < -0.3 is 24.6 Å². The van der Waals surface area contributed by atoms with Crippen LogP contribution in [-0.4, -0.2) is 51.8 Å². The van der Waals surface area contributed by atoms with Crippen LogP contribution in [-0.2, 0) is 0 Å². The van der Waals surface area contributed by atoms with Gasteiger partial charge in [-0.15, -0.1) is 0 Å². The second-order valence-electron chi connectivity index (χ2n) is 7.01. The van der Waals surface area contributed by atoms with Crippen LogP contribution in [0.5, 0.6) is 17.2 Å². The maximum absolute atomic E-state index is 12.4. The van der Waals surface area contributed by atoms with Crippen molar-refractivity contribution in [2.24, 2.45) is 0 Å². The zero-order valence-corrected chi connectivity index (χ0v) is 16.2. The Balaban J connectivity index is 1.30. The second kappa shape index (κ2) is 7.96. The van der Waals surface area contributed by atoms with Crippen LogP contribution in [0.4, 0.5) is 0 Å². The molecule has 0 saturated carbocycles. The van der Waals surface area contributed by atoms with Gasteiger partial charge in [-0.2, -0.15) is 5.10 Å². The molecule has 29 heavy (non-hydrogen) atoms. The van der Waals surface area contributed by atoms with E-state index in [2.05, 4.69) is 15.4 Å². The predicted molar refractivity (Wildman–Crippen MR) is 104 cm³/mol. The van der Waals surface area contributed by atoms with E-state index in [1.807, 2.05) is 13.8 Å². The van der Waals surface area contributed by atoms with E-state index in [4.69, 9.17) is 14.2 Å². The van der Waals surface area contributed by atoms with Crippen molar-refractivity contribution in [2.75, 3.05) is 19.9 Å². The van der Waals surface area contributed by atoms with Crippen molar-refractivity contribution in [2.45, 2.75) is 26.0 Å². The van der Waals surface area contributed by atoms with E-state index < -0.39 is 6.10 Å². The lowest BCUT2D eigenvalue weighted by atomic mass is 10.2. The van der Waals surface area contributed by atoms with Crippen LogP contribution in [0.25, 0.3) is 11.0 Å². The van der Waals surface area contributed by atoms with Crippen molar-refractivity contribution in [3.05, 3.63) is 42.2 Å². The first-order valence-corrected chi connectivity index (χ1v) is 9.33. The molecule has 1 amide bonds. The van der Waals surface area contributed by atoms with Crippen LogP contribution in [0.1, 0.15) is 30.2 Å². The van der Waals surface area contributed by atoms with Crippen LogP contribution in [0.2, 0.25) is 0 Å². The molecule has 2 aromatic heterocycles. The van der Waals surface area contributed by atoms with Crippen molar-refractivity contribution in [1.82, 2.24) is 20.1 Å². The molecule has 3 aromatic rings. The Morgan fingerprint density at radius 2 is 2.10 bits per heavy atom. The quantitative estimate of drug-likeness (QED) is 0.626. The maximum Gasteiger partial charge on any atom is 0.252 e. The molecule has 9 nitrogen and oxygen atoms in total. The molecule has 1 atom stereocenters. The number of aliphatic hydroxyl groups is 1. The third kappa shape index (κ3) is 4.09. The fourth-order valence-electron chi connectivity index (χ4n) is 2.97. The molecule has 3 heterocycles. The minimum absolute atomic E-state index is 0.0262. The standard InChI is InChI=1S/C20H22N4O5/c1-12(2)24-19-13(8-23-24)5-14(7-21-19)20(26)22-9-15(25)10-27-16-3-4-17-18(6-16)29-11-28-17/h3-8,12,15,25H,9-11H2,1-2H3,(H,22,26). The van der Waals surface area contributed by atoms with E-state index in [-0.39, 0.29) is 31.9 Å². The molecule has 0 saturated heterocycles. The summed E-state index contributed by atoms with van der Waals surface area (Å²) in [6.45, 7) is 4.29. The van der Waals surface area contributed by atoms with Crippen LogP contribution in [0.3, 0.4) is 0 Å². The molecule has 0 fully saturated rings. The minimum Gasteiger partial charge on any atom is -0.491 e. The first-order valence-electron chi connectivity index (χ1n) is 9.33. The summed E-state index contributed by atoms with van der Waals surface area (Å²) in [6.07, 6.45) is 2.32. The third-order valence-electron chi connectivity index (χ3n) is 4.47. The number of fused-ring (bicyclic) bond motifs is 2. The number of benzene rings is 1. The van der Waals surface area contributed by atoms with E-state index in [9.17, 15) is 9.90 Å². The van der Waals surface area contributed by atoms with Gasteiger partial charge >= 0.3 is 0 Å². The second-order valence-corrected chi connectivity index (χ2v) is 7.01. The van der Waals surface area contributed by atoms with Crippen LogP contribution >= 0.6 is 0 Å². The van der Waals surface area contributed by atoms with E-state index in [1.54, 1.807) is 35.1 Å². The molecule has 9 heteroatoms. The molecule has 0 radical (unpaired) electrons. The number of nitrogens with one attached hydrogen (secondary N) is 1. The smallest absolute Gasteiger partial charge is 0.252 e. The van der Waals surface area contributed by atoms with Gasteiger partial charge in [-0.25, -0.2) is 9.67 Å². The normalized spacial score (nSPS) is 13.7. The molecular formula is C20H22N4O5. The van der Waals surface area contributed by atoms with E-state index in [1.165, 1.54) is 6.20 Å². The summed E-state index contributed by atoms with van der Waals surface area (Å²) >= 11 is 0. The number of pyridine rings is 1. The van der Waals surface area contributed by atoms with Gasteiger partial charge in [-0.05, 0) is 32.0 Å². The monoisotopic (exact) mass is 398 g/mol. The average molecular weight is 398 g/mol. The largest absolute Gasteiger partial charge is 0.491 e. The maximum atomic E-state index is 12.4. The Bertz CT molecular complexity index is 1030. The van der Waals surface area contributed by atoms with Crippen LogP contribution < -0.4 is 19.5 Å². The molecule has 0 aliphatic carbocycles. The molecule has 0 bridgehead atoms. The molecule has 1 aromatic carbocycles. The molecule has 152 valence electrons. The number of amides is 1. The van der Waals surface area contributed by atoms with Crippen LogP contribution in [0.15, 0.2) is 36.7 Å². The topological polar surface area (TPSA) is 108 Å². The number of carbonyl (C=O) groups excluding carboxylic acids is 1. The lowest BCUT2D eigenvalue weighted by Crippen LogP contribution is -2.35. The Morgan fingerprint density at radius 1 is 1.28 bits per heavy atom. The Kier molecular flexibility index (Phi) is 5.22. The SMILES string of the molecule is CC(C)n1ncc2cc(C(=O)NCC(O)COc3ccc4c(c3)OCO4)cnc21. The zero-order chi connectivity index (χ0) is 20.4. The number of hydrogen-bond acceptors (Lipinski definition) is 7. The number of carbonyl (C=O) groups is 1. The summed E-state index contributed by atoms with van der Waals surface area (Å²) in [5.41, 5.74) is 1.14. The molecule has 2 N–H and O–H groups in total. The Labute approximate surface area is 167 Å². The van der Waals surface area contributed by atoms with E-state index >= 15 is 0 Å². The van der Waals surface area contributed by atoms with Crippen molar-refractivity contribution in [1.29, 1.82) is 0 Å². The minimum atomic E-state index is -0.871. The lowest BCUT2D eigenvalue weighted by molar-refractivity contribution is 0.0843. The molecule has 1 aliphatic rings. The van der Waals surface area contributed by atoms with Crippen molar-refractivity contribution >= 4 is 16.9 Å². The number of aliphatic hydroxyl groups excluding tert-OH is 1. The van der Waals surface area contributed by atoms with E-state index in [0.29, 0.717) is 22.8 Å². The number of aromatic nitrogens is 3. The van der Waals surface area contributed by atoms with Crippen LogP contribution in [0, 0.1) is 0 Å². The van der Waals surface area contributed by atoms with Crippen molar-refractivity contribution in [3.63, 3.8) is 0 Å². The number of hydrogen-bond donors (Lipinski definition) is 2. The number of nitrogens with zero attached hydrogens (tertiary/aromatic N) is 3. The average Bonchev–Trinajstić information content (AvgIpc) is 3.36. The summed E-state index contributed by atoms with van der Waals surface area (Å²) < 4.78 is 17.9. The third-order valence-corrected chi connectivity index (χ3v) is 4.47. The lowest BCUT2D eigenvalue weighted by Gasteiger charge is -2.13. The summed E-state index contributed by atoms with van der Waals surface area (Å²) in [5.74, 6) is 1.50. The van der Waals surface area contributed by atoms with E-state index in [0.717, 1.165) is 11.0 Å². The summed E-state index contributed by atoms with van der Waals surface area (Å²) in [5, 5.41) is 17.9. The highest BCUT2D eigenvalue weighted by molar-refractivity contribution is 5.96. The number of ether oxygens (including phenoxy) is 3. The fraction of sp³-hybridized carbons (Fsp3) is 0.350. The summed E-state index contributed by atoms with van der Waals surface area (Å²) in [7, 11) is 0. The van der Waals surface area contributed by atoms with Gasteiger partial charge in [0.1, 0.15) is 18.5 Å². The highest BCUT2D eigenvalue weighted by atomic mass is 16.7. The van der Waals surface area contributed by atoms with Gasteiger partial charge in [0.15, 0.2) is 17.1 Å². The number of rotatable bonds is 7. The van der Waals surface area contributed by atoms with Crippen molar-refractivity contribution in [3.8, 4) is 17.2 Å². The van der Waals surface area contributed by atoms with Gasteiger partial charge in [0.25, 0.3) is 5.91 Å². The summed E-state index contributed by atoms with van der Waals surface area (Å²) in [4.78, 5) is 16.7. The van der Waals surface area contributed by atoms with Gasteiger partial charge in [0.05, 0.1) is 11.8 Å². The first kappa shape index (κ1) is 19.0. The molecule has 4 rings (SSSR count). The molecular weight excluding hydrogens is 376 g/mol. The van der Waals surface area contributed by atoms with Crippen molar-refractivity contribution < 1.29 is 24.1 Å². The Morgan fingerprint density at radius 3 is 2.93 bits per heavy atom. The predicted octanol–water partition coefficient (Wildman–Crippen LogP) is 1.91. The molecule has 0 spiro atoms. The van der Waals surface area contributed by atoms with Gasteiger partial charge in [0.2, 0.25) is 6.79 Å². The van der Waals surface area contributed by atoms with Gasteiger partial charge in [-0.3, -0.25) is 4.79 Å². The molecule has 1 unspecified atom stereocenters. The Hall–Kier alpha value is -3.33. The highest BCUT2D eigenvalue weighted by Crippen LogP contribution is 2.35. The first-order chi connectivity index (χ1) is 14.0. The van der Waals surface area contributed by atoms with Gasteiger partial charge in [0, 0.05) is 30.2 Å². The highest BCUT2D eigenvalue weighted by Gasteiger charge is 2.16. The fourth-order valence-corrected chi connectivity index (χ4v) is 2.97.